The summed E-state index contributed by atoms with van der Waals surface area (Å²) in [4.78, 5) is 28.2. The van der Waals surface area contributed by atoms with Crippen molar-refractivity contribution >= 4 is 23.4 Å². The monoisotopic (exact) mass is 547 g/mol. The quantitative estimate of drug-likeness (QED) is 0.385. The van der Waals surface area contributed by atoms with Crippen LogP contribution in [0.1, 0.15) is 77.5 Å². The standard InChI is InChI=1S/C30H40ClF2N3O2/c1-29(2,3)28(38)35-26(19-9-11-20(31)12-10-19)8-7-15-34-27(37)24-18-36(30(4,5)6)17-23(24)22-14-13-21(32)16-25(22)33/h9-14,16,23-24,26H,7-8,15,17-18H2,1-6H3,(H,34,37)(H,35,38)/t23-,24+,26-/m0/s1. The van der Waals surface area contributed by atoms with Crippen LogP contribution in [0.3, 0.4) is 0 Å². The van der Waals surface area contributed by atoms with Gasteiger partial charge < -0.3 is 10.6 Å². The second-order valence-corrected chi connectivity index (χ2v) is 12.7. The summed E-state index contributed by atoms with van der Waals surface area (Å²) in [6.07, 6.45) is 1.26. The lowest BCUT2D eigenvalue weighted by molar-refractivity contribution is -0.129. The van der Waals surface area contributed by atoms with Crippen LogP contribution < -0.4 is 10.6 Å². The number of nitrogens with zero attached hydrogens (tertiary/aromatic N) is 1. The summed E-state index contributed by atoms with van der Waals surface area (Å²) >= 11 is 6.05. The molecule has 0 aliphatic carbocycles. The van der Waals surface area contributed by atoms with Gasteiger partial charge in [0.05, 0.1) is 12.0 Å². The third kappa shape index (κ3) is 7.76. The van der Waals surface area contributed by atoms with Crippen molar-refractivity contribution in [2.45, 2.75) is 71.9 Å². The molecule has 3 rings (SSSR count). The molecule has 1 fully saturated rings. The molecule has 0 bridgehead atoms. The van der Waals surface area contributed by atoms with Gasteiger partial charge in [0.25, 0.3) is 0 Å². The Hall–Kier alpha value is -2.51. The van der Waals surface area contributed by atoms with Gasteiger partial charge in [-0.3, -0.25) is 14.5 Å². The Kier molecular flexibility index (Phi) is 9.58. The molecule has 5 nitrogen and oxygen atoms in total. The zero-order valence-electron chi connectivity index (χ0n) is 23.2. The average Bonchev–Trinajstić information content (AvgIpc) is 3.26. The van der Waals surface area contributed by atoms with Crippen LogP contribution in [0.5, 0.6) is 0 Å². The molecular formula is C30H40ClF2N3O2. The topological polar surface area (TPSA) is 61.4 Å². The van der Waals surface area contributed by atoms with E-state index in [2.05, 4.69) is 36.3 Å². The lowest BCUT2D eigenvalue weighted by Gasteiger charge is -2.31. The van der Waals surface area contributed by atoms with Crippen LogP contribution in [-0.4, -0.2) is 41.9 Å². The number of halogens is 3. The van der Waals surface area contributed by atoms with Crippen LogP contribution >= 0.6 is 11.6 Å². The van der Waals surface area contributed by atoms with Crippen LogP contribution in [0, 0.1) is 23.0 Å². The van der Waals surface area contributed by atoms with Crippen molar-refractivity contribution in [3.8, 4) is 0 Å². The Morgan fingerprint density at radius 1 is 1.03 bits per heavy atom. The highest BCUT2D eigenvalue weighted by molar-refractivity contribution is 6.30. The minimum Gasteiger partial charge on any atom is -0.356 e. The van der Waals surface area contributed by atoms with Crippen molar-refractivity contribution in [2.24, 2.45) is 11.3 Å². The lowest BCUT2D eigenvalue weighted by Crippen LogP contribution is -2.41. The first-order chi connectivity index (χ1) is 17.7. The summed E-state index contributed by atoms with van der Waals surface area (Å²) in [5.74, 6) is -2.29. The minimum absolute atomic E-state index is 0.0566. The largest absolute Gasteiger partial charge is 0.356 e. The number of hydrogen-bond acceptors (Lipinski definition) is 3. The molecule has 8 heteroatoms. The number of carbonyl (C=O) groups excluding carboxylic acids is 2. The van der Waals surface area contributed by atoms with E-state index in [1.807, 2.05) is 32.9 Å². The highest BCUT2D eigenvalue weighted by Crippen LogP contribution is 2.37. The molecule has 0 radical (unpaired) electrons. The Morgan fingerprint density at radius 2 is 1.68 bits per heavy atom. The summed E-state index contributed by atoms with van der Waals surface area (Å²) in [5, 5.41) is 6.78. The van der Waals surface area contributed by atoms with Crippen molar-refractivity contribution in [1.82, 2.24) is 15.5 Å². The Labute approximate surface area is 230 Å². The first kappa shape index (κ1) is 30.0. The molecule has 3 atom stereocenters. The molecular weight excluding hydrogens is 508 g/mol. The van der Waals surface area contributed by atoms with E-state index in [-0.39, 0.29) is 29.3 Å². The van der Waals surface area contributed by atoms with E-state index in [4.69, 9.17) is 11.6 Å². The summed E-state index contributed by atoms with van der Waals surface area (Å²) < 4.78 is 28.3. The molecule has 0 spiro atoms. The summed E-state index contributed by atoms with van der Waals surface area (Å²) in [7, 11) is 0. The number of amides is 2. The number of rotatable bonds is 8. The molecule has 2 aromatic carbocycles. The Bertz CT molecular complexity index is 1130. The molecule has 0 aromatic heterocycles. The Balaban J connectivity index is 1.67. The van der Waals surface area contributed by atoms with Gasteiger partial charge in [0.2, 0.25) is 11.8 Å². The maximum absolute atomic E-state index is 14.7. The van der Waals surface area contributed by atoms with Crippen LogP contribution in [0.25, 0.3) is 0 Å². The van der Waals surface area contributed by atoms with Gasteiger partial charge in [0.1, 0.15) is 11.6 Å². The number of carbonyl (C=O) groups is 2. The second kappa shape index (κ2) is 12.1. The van der Waals surface area contributed by atoms with Gasteiger partial charge >= 0.3 is 0 Å². The molecule has 2 amide bonds. The zero-order chi connectivity index (χ0) is 28.3. The fourth-order valence-electron chi connectivity index (χ4n) is 4.78. The van der Waals surface area contributed by atoms with Gasteiger partial charge in [-0.05, 0) is 62.9 Å². The van der Waals surface area contributed by atoms with E-state index in [1.54, 1.807) is 12.1 Å². The molecule has 1 saturated heterocycles. The van der Waals surface area contributed by atoms with Crippen LogP contribution in [0.4, 0.5) is 8.78 Å². The summed E-state index contributed by atoms with van der Waals surface area (Å²) in [6, 6.07) is 10.8. The molecule has 0 unspecified atom stereocenters. The molecule has 38 heavy (non-hydrogen) atoms. The summed E-state index contributed by atoms with van der Waals surface area (Å²) in [6.45, 7) is 13.2. The van der Waals surface area contributed by atoms with Gasteiger partial charge in [-0.2, -0.15) is 0 Å². The van der Waals surface area contributed by atoms with Crippen molar-refractivity contribution in [1.29, 1.82) is 0 Å². The van der Waals surface area contributed by atoms with E-state index in [0.29, 0.717) is 43.1 Å². The highest BCUT2D eigenvalue weighted by atomic mass is 35.5. The third-order valence-corrected chi connectivity index (χ3v) is 7.45. The molecule has 2 aromatic rings. The van der Waals surface area contributed by atoms with E-state index in [1.165, 1.54) is 12.1 Å². The first-order valence-corrected chi connectivity index (χ1v) is 13.6. The highest BCUT2D eigenvalue weighted by Gasteiger charge is 2.42. The molecule has 0 saturated carbocycles. The number of nitrogens with one attached hydrogen (secondary N) is 2. The van der Waals surface area contributed by atoms with Crippen molar-refractivity contribution < 1.29 is 18.4 Å². The van der Waals surface area contributed by atoms with Crippen LogP contribution in [0.2, 0.25) is 5.02 Å². The predicted octanol–water partition coefficient (Wildman–Crippen LogP) is 6.23. The second-order valence-electron chi connectivity index (χ2n) is 12.2. The zero-order valence-corrected chi connectivity index (χ0v) is 24.0. The van der Waals surface area contributed by atoms with E-state index >= 15 is 0 Å². The first-order valence-electron chi connectivity index (χ1n) is 13.2. The molecule has 2 N–H and O–H groups in total. The fraction of sp³-hybridized carbons (Fsp3) is 0.533. The van der Waals surface area contributed by atoms with E-state index < -0.39 is 23.0 Å². The molecule has 208 valence electrons. The van der Waals surface area contributed by atoms with Gasteiger partial charge in [-0.25, -0.2) is 8.78 Å². The lowest BCUT2D eigenvalue weighted by atomic mass is 9.88. The van der Waals surface area contributed by atoms with Crippen molar-refractivity contribution in [3.63, 3.8) is 0 Å². The molecule has 1 heterocycles. The summed E-state index contributed by atoms with van der Waals surface area (Å²) in [5.41, 5.74) is 0.582. The van der Waals surface area contributed by atoms with Gasteiger partial charge in [0, 0.05) is 47.6 Å². The van der Waals surface area contributed by atoms with Crippen LogP contribution in [0.15, 0.2) is 42.5 Å². The maximum atomic E-state index is 14.7. The minimum atomic E-state index is -0.633. The number of likely N-dealkylation sites (tertiary alicyclic amines) is 1. The predicted molar refractivity (Wildman–Crippen MR) is 148 cm³/mol. The van der Waals surface area contributed by atoms with Gasteiger partial charge in [-0.15, -0.1) is 0 Å². The van der Waals surface area contributed by atoms with Gasteiger partial charge in [0.15, 0.2) is 0 Å². The van der Waals surface area contributed by atoms with E-state index in [9.17, 15) is 18.4 Å². The normalized spacial score (nSPS) is 19.3. The Morgan fingerprint density at radius 3 is 2.26 bits per heavy atom. The third-order valence-electron chi connectivity index (χ3n) is 7.19. The van der Waals surface area contributed by atoms with Crippen LogP contribution in [-0.2, 0) is 9.59 Å². The SMILES string of the molecule is CC(C)(C)C(=O)N[C@@H](CCCNC(=O)[C@@H]1CN(C(C)(C)C)C[C@H]1c1ccc(F)cc1F)c1ccc(Cl)cc1. The van der Waals surface area contributed by atoms with E-state index in [0.717, 1.165) is 11.6 Å². The molecule has 1 aliphatic rings. The van der Waals surface area contributed by atoms with Crippen molar-refractivity contribution in [3.05, 3.63) is 70.2 Å². The van der Waals surface area contributed by atoms with Gasteiger partial charge in [-0.1, -0.05) is 50.6 Å². The fourth-order valence-corrected chi connectivity index (χ4v) is 4.90. The van der Waals surface area contributed by atoms with Crippen molar-refractivity contribution in [2.75, 3.05) is 19.6 Å². The maximum Gasteiger partial charge on any atom is 0.225 e. The smallest absolute Gasteiger partial charge is 0.225 e. The average molecular weight is 548 g/mol. The molecule has 1 aliphatic heterocycles. The number of hydrogen-bond donors (Lipinski definition) is 2. The number of benzene rings is 2.